The summed E-state index contributed by atoms with van der Waals surface area (Å²) < 4.78 is 5.72. The molecule has 0 bridgehead atoms. The van der Waals surface area contributed by atoms with Crippen LogP contribution in [0.25, 0.3) is 0 Å². The lowest BCUT2D eigenvalue weighted by molar-refractivity contribution is 0.0600. The Balaban J connectivity index is 0.00000311. The molecular formula is C27H41BrN2O2. The van der Waals surface area contributed by atoms with Crippen LogP contribution in [0, 0.1) is 0 Å². The molecule has 2 rings (SSSR count). The largest absolute Gasteiger partial charge is 0.465 e. The first-order valence-electron chi connectivity index (χ1n) is 10.9. The number of esters is 1. The molecule has 1 unspecified atom stereocenters. The Hall–Kier alpha value is -1.98. The molecule has 0 spiro atoms. The van der Waals surface area contributed by atoms with Gasteiger partial charge in [0, 0.05) is 23.8 Å². The molecule has 32 heavy (non-hydrogen) atoms. The van der Waals surface area contributed by atoms with Crippen LogP contribution in [0.4, 0.5) is 0 Å². The molecule has 1 fully saturated rings. The summed E-state index contributed by atoms with van der Waals surface area (Å²) in [5.74, 6) is 0.252. The number of piperidine rings is 1. The molecule has 0 radical (unpaired) electrons. The van der Waals surface area contributed by atoms with E-state index in [4.69, 9.17) is 4.74 Å². The Morgan fingerprint density at radius 2 is 1.81 bits per heavy atom. The molecule has 1 aliphatic rings. The summed E-state index contributed by atoms with van der Waals surface area (Å²) >= 11 is 3.55. The van der Waals surface area contributed by atoms with Gasteiger partial charge in [0.1, 0.15) is 0 Å². The molecule has 0 amide bonds. The quantitative estimate of drug-likeness (QED) is 0.224. The first-order chi connectivity index (χ1) is 14.9. The van der Waals surface area contributed by atoms with Crippen molar-refractivity contribution in [2.75, 3.05) is 27.2 Å². The van der Waals surface area contributed by atoms with Crippen LogP contribution in [0.2, 0.25) is 0 Å². The molecule has 0 aromatic heterocycles. The number of rotatable bonds is 7. The van der Waals surface area contributed by atoms with Crippen LogP contribution in [0.1, 0.15) is 69.8 Å². The standard InChI is InChI=1S/C24H31BrN2O2.C2H6.CH4/c1-17(16-18(2)23(25)10-13-26-4)19(3)27-14-11-21(12-15-27)20-6-8-22(9-7-20)24(28)29-5;1-2;/h6-10,13,16,19,21H,2,11-12,14-15H2,1,3-5H3;1-2H3;1H4/b17-16+,23-10+,26-13?;;. The zero-order valence-corrected chi connectivity index (χ0v) is 21.4. The molecule has 0 N–H and O–H groups in total. The van der Waals surface area contributed by atoms with Gasteiger partial charge in [0.25, 0.3) is 0 Å². The molecule has 1 aromatic carbocycles. The molecular weight excluding hydrogens is 464 g/mol. The third-order valence-electron chi connectivity index (χ3n) is 5.62. The fourth-order valence-electron chi connectivity index (χ4n) is 3.63. The van der Waals surface area contributed by atoms with Gasteiger partial charge >= 0.3 is 5.97 Å². The minimum atomic E-state index is -0.285. The molecule has 178 valence electrons. The van der Waals surface area contributed by atoms with E-state index in [0.29, 0.717) is 17.5 Å². The Labute approximate surface area is 204 Å². The van der Waals surface area contributed by atoms with Crippen molar-refractivity contribution in [3.05, 3.63) is 69.8 Å². The third kappa shape index (κ3) is 8.87. The molecule has 1 heterocycles. The SMILES string of the molecule is C.C=C(/C=C(\C)C(C)N1CCC(c2ccc(C(=O)OC)cc2)CC1)/C(Br)=C\C=NC.CC. The number of likely N-dealkylation sites (tertiary alicyclic amines) is 1. The van der Waals surface area contributed by atoms with E-state index in [1.54, 1.807) is 13.3 Å². The predicted octanol–water partition coefficient (Wildman–Crippen LogP) is 7.19. The number of nitrogens with zero attached hydrogens (tertiary/aromatic N) is 2. The summed E-state index contributed by atoms with van der Waals surface area (Å²) in [6.07, 6.45) is 8.05. The highest BCUT2D eigenvalue weighted by Crippen LogP contribution is 2.30. The minimum Gasteiger partial charge on any atom is -0.465 e. The number of benzene rings is 1. The second-order valence-corrected chi connectivity index (χ2v) is 8.29. The maximum atomic E-state index is 11.6. The number of hydrogen-bond donors (Lipinski definition) is 0. The molecule has 5 heteroatoms. The van der Waals surface area contributed by atoms with Crippen molar-refractivity contribution in [2.24, 2.45) is 4.99 Å². The fourth-order valence-corrected chi connectivity index (χ4v) is 3.86. The summed E-state index contributed by atoms with van der Waals surface area (Å²) in [7, 11) is 3.16. The molecule has 1 saturated heterocycles. The van der Waals surface area contributed by atoms with Gasteiger partial charge < -0.3 is 4.74 Å². The lowest BCUT2D eigenvalue weighted by Gasteiger charge is -2.36. The summed E-state index contributed by atoms with van der Waals surface area (Å²) in [6.45, 7) is 14.7. The van der Waals surface area contributed by atoms with E-state index in [9.17, 15) is 4.79 Å². The number of carbonyl (C=O) groups excluding carboxylic acids is 1. The van der Waals surface area contributed by atoms with E-state index in [-0.39, 0.29) is 13.4 Å². The van der Waals surface area contributed by atoms with Crippen molar-refractivity contribution in [2.45, 2.75) is 59.9 Å². The Morgan fingerprint density at radius 1 is 1.25 bits per heavy atom. The molecule has 1 aromatic rings. The van der Waals surface area contributed by atoms with Crippen molar-refractivity contribution in [3.8, 4) is 0 Å². The summed E-state index contributed by atoms with van der Waals surface area (Å²) in [4.78, 5) is 18.1. The van der Waals surface area contributed by atoms with Crippen molar-refractivity contribution < 1.29 is 9.53 Å². The van der Waals surface area contributed by atoms with Gasteiger partial charge in [-0.2, -0.15) is 0 Å². The van der Waals surface area contributed by atoms with Crippen molar-refractivity contribution >= 4 is 28.1 Å². The van der Waals surface area contributed by atoms with Crippen LogP contribution < -0.4 is 0 Å². The van der Waals surface area contributed by atoms with Crippen LogP contribution in [0.5, 0.6) is 0 Å². The van der Waals surface area contributed by atoms with Crippen molar-refractivity contribution in [1.82, 2.24) is 4.90 Å². The maximum absolute atomic E-state index is 11.6. The van der Waals surface area contributed by atoms with E-state index < -0.39 is 0 Å². The average molecular weight is 506 g/mol. The van der Waals surface area contributed by atoms with Gasteiger partial charge in [0.15, 0.2) is 0 Å². The summed E-state index contributed by atoms with van der Waals surface area (Å²) in [5.41, 5.74) is 4.16. The number of ether oxygens (including phenoxy) is 1. The number of carbonyl (C=O) groups is 1. The van der Waals surface area contributed by atoms with Crippen LogP contribution >= 0.6 is 15.9 Å². The number of methoxy groups -OCH3 is 1. The summed E-state index contributed by atoms with van der Waals surface area (Å²) in [5, 5.41) is 0. The van der Waals surface area contributed by atoms with Crippen LogP contribution in [0.3, 0.4) is 0 Å². The van der Waals surface area contributed by atoms with E-state index in [2.05, 4.69) is 64.5 Å². The Morgan fingerprint density at radius 3 is 2.31 bits per heavy atom. The zero-order valence-electron chi connectivity index (χ0n) is 19.8. The normalized spacial score (nSPS) is 16.6. The molecule has 1 aliphatic heterocycles. The molecule has 1 atom stereocenters. The second-order valence-electron chi connectivity index (χ2n) is 7.44. The molecule has 4 nitrogen and oxygen atoms in total. The van der Waals surface area contributed by atoms with E-state index >= 15 is 0 Å². The van der Waals surface area contributed by atoms with Gasteiger partial charge in [-0.3, -0.25) is 9.89 Å². The highest BCUT2D eigenvalue weighted by molar-refractivity contribution is 9.12. The first-order valence-corrected chi connectivity index (χ1v) is 11.7. The topological polar surface area (TPSA) is 41.9 Å². The average Bonchev–Trinajstić information content (AvgIpc) is 2.82. The van der Waals surface area contributed by atoms with Gasteiger partial charge in [-0.1, -0.05) is 67.6 Å². The van der Waals surface area contributed by atoms with E-state index in [1.165, 1.54) is 18.2 Å². The highest BCUT2D eigenvalue weighted by atomic mass is 79.9. The predicted molar refractivity (Wildman–Crippen MR) is 143 cm³/mol. The van der Waals surface area contributed by atoms with E-state index in [0.717, 1.165) is 36.0 Å². The fraction of sp³-hybridized carbons (Fsp3) is 0.481. The van der Waals surface area contributed by atoms with Gasteiger partial charge in [0.2, 0.25) is 0 Å². The zero-order chi connectivity index (χ0) is 23.4. The Bertz CT molecular complexity index is 801. The lowest BCUT2D eigenvalue weighted by atomic mass is 9.88. The van der Waals surface area contributed by atoms with Gasteiger partial charge in [-0.05, 0) is 75.0 Å². The lowest BCUT2D eigenvalue weighted by Crippen LogP contribution is -2.40. The number of hydrogen-bond acceptors (Lipinski definition) is 4. The van der Waals surface area contributed by atoms with E-state index in [1.807, 2.05) is 32.1 Å². The number of halogens is 1. The second kappa shape index (κ2) is 15.8. The molecule has 0 aliphatic carbocycles. The monoisotopic (exact) mass is 504 g/mol. The van der Waals surface area contributed by atoms with Crippen LogP contribution in [-0.4, -0.2) is 50.4 Å². The van der Waals surface area contributed by atoms with Gasteiger partial charge in [-0.25, -0.2) is 4.79 Å². The number of allylic oxidation sites excluding steroid dienone is 4. The van der Waals surface area contributed by atoms with Gasteiger partial charge in [0.05, 0.1) is 12.7 Å². The minimum absolute atomic E-state index is 0. The highest BCUT2D eigenvalue weighted by Gasteiger charge is 2.24. The third-order valence-corrected chi connectivity index (χ3v) is 6.39. The van der Waals surface area contributed by atoms with Crippen molar-refractivity contribution in [1.29, 1.82) is 0 Å². The Kier molecular flexibility index (Phi) is 14.8. The van der Waals surface area contributed by atoms with Crippen LogP contribution in [-0.2, 0) is 4.74 Å². The maximum Gasteiger partial charge on any atom is 0.337 e. The van der Waals surface area contributed by atoms with Crippen LogP contribution in [0.15, 0.2) is 63.6 Å². The first kappa shape index (κ1) is 30.0. The van der Waals surface area contributed by atoms with Gasteiger partial charge in [-0.15, -0.1) is 0 Å². The summed E-state index contributed by atoms with van der Waals surface area (Å²) in [6, 6.07) is 8.23. The smallest absolute Gasteiger partial charge is 0.337 e. The number of aliphatic imine (C=N–C) groups is 1. The molecule has 0 saturated carbocycles. The van der Waals surface area contributed by atoms with Crippen molar-refractivity contribution in [3.63, 3.8) is 0 Å².